The molecule has 1 aliphatic carbocycles. The third kappa shape index (κ3) is 1.05. The average Bonchev–Trinajstić information content (AvgIpc) is 2.85. The molecule has 1 aromatic rings. The summed E-state index contributed by atoms with van der Waals surface area (Å²) in [5.41, 5.74) is 1.84. The van der Waals surface area contributed by atoms with Crippen molar-refractivity contribution in [1.82, 2.24) is 9.78 Å². The van der Waals surface area contributed by atoms with Crippen molar-refractivity contribution in [2.45, 2.75) is 32.2 Å². The Bertz CT molecular complexity index is 299. The molecule has 2 rings (SSSR count). The summed E-state index contributed by atoms with van der Waals surface area (Å²) in [6, 6.07) is 0.577. The van der Waals surface area contributed by atoms with Gasteiger partial charge in [-0.05, 0) is 19.3 Å². The fraction of sp³-hybridized carbons (Fsp3) is 0.556. The Hall–Kier alpha value is -1.12. The van der Waals surface area contributed by atoms with Gasteiger partial charge in [-0.15, -0.1) is 0 Å². The van der Waals surface area contributed by atoms with Crippen LogP contribution in [0, 0.1) is 0 Å². The summed E-state index contributed by atoms with van der Waals surface area (Å²) in [7, 11) is 0. The minimum atomic E-state index is 0.577. The van der Waals surface area contributed by atoms with Crippen molar-refractivity contribution < 1.29 is 4.79 Å². The van der Waals surface area contributed by atoms with Gasteiger partial charge in [-0.1, -0.05) is 6.92 Å². The first kappa shape index (κ1) is 7.53. The highest BCUT2D eigenvalue weighted by Crippen LogP contribution is 2.35. The van der Waals surface area contributed by atoms with Gasteiger partial charge in [-0.25, -0.2) is 0 Å². The quantitative estimate of drug-likeness (QED) is 0.636. The van der Waals surface area contributed by atoms with Crippen LogP contribution in [-0.2, 0) is 6.42 Å². The Kier molecular flexibility index (Phi) is 1.71. The average molecular weight is 164 g/mol. The maximum atomic E-state index is 10.6. The summed E-state index contributed by atoms with van der Waals surface area (Å²) in [6.45, 7) is 2.06. The molecule has 0 radical (unpaired) electrons. The first-order valence-corrected chi connectivity index (χ1v) is 4.38. The number of aldehydes is 1. The van der Waals surface area contributed by atoms with Gasteiger partial charge in [0.05, 0.1) is 17.8 Å². The maximum Gasteiger partial charge on any atom is 0.153 e. The molecule has 0 bridgehead atoms. The summed E-state index contributed by atoms with van der Waals surface area (Å²) >= 11 is 0. The molecule has 3 nitrogen and oxygen atoms in total. The molecule has 0 atom stereocenters. The lowest BCUT2D eigenvalue weighted by atomic mass is 10.2. The van der Waals surface area contributed by atoms with Gasteiger partial charge in [0, 0.05) is 5.69 Å². The molecular formula is C9H12N2O. The molecule has 3 heteroatoms. The Labute approximate surface area is 71.4 Å². The van der Waals surface area contributed by atoms with Gasteiger partial charge in [0.1, 0.15) is 0 Å². The van der Waals surface area contributed by atoms with E-state index in [4.69, 9.17) is 0 Å². The highest BCUT2D eigenvalue weighted by Gasteiger charge is 2.26. The SMILES string of the molecule is CCc1c(C=O)cnn1C1CC1. The zero-order valence-corrected chi connectivity index (χ0v) is 7.16. The van der Waals surface area contributed by atoms with Gasteiger partial charge in [0.2, 0.25) is 0 Å². The van der Waals surface area contributed by atoms with Gasteiger partial charge < -0.3 is 0 Å². The van der Waals surface area contributed by atoms with E-state index >= 15 is 0 Å². The van der Waals surface area contributed by atoms with Gasteiger partial charge in [0.25, 0.3) is 0 Å². The molecule has 0 amide bonds. The van der Waals surface area contributed by atoms with Crippen LogP contribution in [0.5, 0.6) is 0 Å². The van der Waals surface area contributed by atoms with Gasteiger partial charge in [0.15, 0.2) is 6.29 Å². The predicted molar refractivity (Wildman–Crippen MR) is 45.3 cm³/mol. The van der Waals surface area contributed by atoms with E-state index in [1.807, 2.05) is 4.68 Å². The summed E-state index contributed by atoms with van der Waals surface area (Å²) in [5, 5.41) is 4.21. The number of rotatable bonds is 3. The van der Waals surface area contributed by atoms with Crippen molar-refractivity contribution in [2.24, 2.45) is 0 Å². The van der Waals surface area contributed by atoms with Crippen LogP contribution in [0.4, 0.5) is 0 Å². The third-order valence-electron chi connectivity index (χ3n) is 2.29. The van der Waals surface area contributed by atoms with Crippen LogP contribution in [0.25, 0.3) is 0 Å². The van der Waals surface area contributed by atoms with E-state index in [0.29, 0.717) is 6.04 Å². The van der Waals surface area contributed by atoms with E-state index in [1.165, 1.54) is 12.8 Å². The highest BCUT2D eigenvalue weighted by molar-refractivity contribution is 5.76. The molecule has 1 heterocycles. The summed E-state index contributed by atoms with van der Waals surface area (Å²) < 4.78 is 2.00. The second-order valence-corrected chi connectivity index (χ2v) is 3.19. The van der Waals surface area contributed by atoms with Crippen molar-refractivity contribution in [2.75, 3.05) is 0 Å². The molecule has 1 aliphatic rings. The van der Waals surface area contributed by atoms with Gasteiger partial charge >= 0.3 is 0 Å². The lowest BCUT2D eigenvalue weighted by Gasteiger charge is -2.02. The van der Waals surface area contributed by atoms with Crippen LogP contribution in [0.2, 0.25) is 0 Å². The largest absolute Gasteiger partial charge is 0.298 e. The Morgan fingerprint density at radius 3 is 3.00 bits per heavy atom. The number of aromatic nitrogens is 2. The Balaban J connectivity index is 2.39. The van der Waals surface area contributed by atoms with Crippen LogP contribution in [-0.4, -0.2) is 16.1 Å². The second kappa shape index (κ2) is 2.73. The standard InChI is InChI=1S/C9H12N2O/c1-2-9-7(6-12)5-10-11(9)8-3-4-8/h5-6,8H,2-4H2,1H3. The Morgan fingerprint density at radius 2 is 2.50 bits per heavy atom. The third-order valence-corrected chi connectivity index (χ3v) is 2.29. The molecular weight excluding hydrogens is 152 g/mol. The van der Waals surface area contributed by atoms with Crippen LogP contribution in [0.3, 0.4) is 0 Å². The first-order valence-electron chi connectivity index (χ1n) is 4.38. The number of hydrogen-bond acceptors (Lipinski definition) is 2. The highest BCUT2D eigenvalue weighted by atomic mass is 16.1. The molecule has 12 heavy (non-hydrogen) atoms. The molecule has 1 aromatic heterocycles. The first-order chi connectivity index (χ1) is 5.86. The van der Waals surface area contributed by atoms with Crippen molar-refractivity contribution in [3.8, 4) is 0 Å². The number of nitrogens with zero attached hydrogens (tertiary/aromatic N) is 2. The molecule has 64 valence electrons. The molecule has 1 saturated carbocycles. The van der Waals surface area contributed by atoms with Gasteiger partial charge in [-0.2, -0.15) is 5.10 Å². The summed E-state index contributed by atoms with van der Waals surface area (Å²) in [4.78, 5) is 10.6. The molecule has 0 spiro atoms. The van der Waals surface area contributed by atoms with Crippen LogP contribution >= 0.6 is 0 Å². The van der Waals surface area contributed by atoms with Crippen molar-refractivity contribution in [1.29, 1.82) is 0 Å². The molecule has 0 saturated heterocycles. The topological polar surface area (TPSA) is 34.9 Å². The van der Waals surface area contributed by atoms with E-state index in [2.05, 4.69) is 12.0 Å². The summed E-state index contributed by atoms with van der Waals surface area (Å²) in [6.07, 6.45) is 5.89. The van der Waals surface area contributed by atoms with E-state index in [9.17, 15) is 4.79 Å². The monoisotopic (exact) mass is 164 g/mol. The lowest BCUT2D eigenvalue weighted by Crippen LogP contribution is -2.02. The molecule has 1 fully saturated rings. The van der Waals surface area contributed by atoms with Gasteiger partial charge in [-0.3, -0.25) is 9.48 Å². The normalized spacial score (nSPS) is 16.4. The minimum absolute atomic E-state index is 0.577. The molecule has 0 aromatic carbocycles. The molecule has 0 N–H and O–H groups in total. The second-order valence-electron chi connectivity index (χ2n) is 3.19. The van der Waals surface area contributed by atoms with E-state index in [0.717, 1.165) is 24.0 Å². The Morgan fingerprint density at radius 1 is 1.75 bits per heavy atom. The predicted octanol–water partition coefficient (Wildman–Crippen LogP) is 1.59. The smallest absolute Gasteiger partial charge is 0.153 e. The van der Waals surface area contributed by atoms with Crippen LogP contribution in [0.15, 0.2) is 6.20 Å². The van der Waals surface area contributed by atoms with Crippen LogP contribution < -0.4 is 0 Å². The van der Waals surface area contributed by atoms with Crippen LogP contribution in [0.1, 0.15) is 41.9 Å². The minimum Gasteiger partial charge on any atom is -0.298 e. The zero-order chi connectivity index (χ0) is 8.55. The maximum absolute atomic E-state index is 10.6. The fourth-order valence-corrected chi connectivity index (χ4v) is 1.50. The van der Waals surface area contributed by atoms with E-state index in [1.54, 1.807) is 6.20 Å². The summed E-state index contributed by atoms with van der Waals surface area (Å²) in [5.74, 6) is 0. The lowest BCUT2D eigenvalue weighted by molar-refractivity contribution is 0.112. The van der Waals surface area contributed by atoms with Crippen molar-refractivity contribution in [3.63, 3.8) is 0 Å². The number of hydrogen-bond donors (Lipinski definition) is 0. The van der Waals surface area contributed by atoms with E-state index in [-0.39, 0.29) is 0 Å². The van der Waals surface area contributed by atoms with Crippen molar-refractivity contribution >= 4 is 6.29 Å². The number of carbonyl (C=O) groups excluding carboxylic acids is 1. The number of carbonyl (C=O) groups is 1. The molecule has 0 unspecified atom stereocenters. The fourth-order valence-electron chi connectivity index (χ4n) is 1.50. The van der Waals surface area contributed by atoms with Crippen molar-refractivity contribution in [3.05, 3.63) is 17.5 Å². The zero-order valence-electron chi connectivity index (χ0n) is 7.16. The molecule has 0 aliphatic heterocycles. The van der Waals surface area contributed by atoms with E-state index < -0.39 is 0 Å².